The molecule has 0 radical (unpaired) electrons. The molecular formula is C17H30ClN3. The van der Waals surface area contributed by atoms with Crippen LogP contribution < -0.4 is 5.32 Å². The third kappa shape index (κ3) is 4.01. The second-order valence-corrected chi connectivity index (χ2v) is 6.97. The standard InChI is InChI=1S/C17H30ClN3/c1-5-15-17(18)16(21(6-2)20-15)10-13-8-7-9-14(13)11-19-12(3)4/h12-14,19H,5-11H2,1-4H3. The van der Waals surface area contributed by atoms with E-state index in [9.17, 15) is 0 Å². The van der Waals surface area contributed by atoms with Crippen LogP contribution in [-0.4, -0.2) is 22.4 Å². The molecule has 1 aromatic rings. The van der Waals surface area contributed by atoms with Gasteiger partial charge in [-0.2, -0.15) is 5.10 Å². The number of halogens is 1. The van der Waals surface area contributed by atoms with Crippen molar-refractivity contribution in [2.45, 2.75) is 72.4 Å². The van der Waals surface area contributed by atoms with Crippen LogP contribution in [0.3, 0.4) is 0 Å². The molecule has 1 saturated carbocycles. The summed E-state index contributed by atoms with van der Waals surface area (Å²) in [7, 11) is 0. The highest BCUT2D eigenvalue weighted by molar-refractivity contribution is 6.31. The van der Waals surface area contributed by atoms with E-state index in [1.807, 2.05) is 0 Å². The second kappa shape index (κ2) is 7.64. The second-order valence-electron chi connectivity index (χ2n) is 6.59. The molecule has 1 fully saturated rings. The molecule has 0 aliphatic heterocycles. The minimum Gasteiger partial charge on any atom is -0.314 e. The lowest BCUT2D eigenvalue weighted by atomic mass is 9.91. The van der Waals surface area contributed by atoms with Gasteiger partial charge in [-0.25, -0.2) is 0 Å². The maximum atomic E-state index is 6.56. The first kappa shape index (κ1) is 16.8. The zero-order valence-electron chi connectivity index (χ0n) is 14.0. The van der Waals surface area contributed by atoms with Gasteiger partial charge in [0.25, 0.3) is 0 Å². The van der Waals surface area contributed by atoms with E-state index in [-0.39, 0.29) is 0 Å². The molecule has 2 rings (SSSR count). The minimum absolute atomic E-state index is 0.572. The number of rotatable bonds is 7. The van der Waals surface area contributed by atoms with E-state index in [0.29, 0.717) is 6.04 Å². The molecule has 0 saturated heterocycles. The predicted molar refractivity (Wildman–Crippen MR) is 90.0 cm³/mol. The van der Waals surface area contributed by atoms with E-state index in [4.69, 9.17) is 11.6 Å². The number of hydrogen-bond donors (Lipinski definition) is 1. The van der Waals surface area contributed by atoms with E-state index >= 15 is 0 Å². The number of aromatic nitrogens is 2. The van der Waals surface area contributed by atoms with Gasteiger partial charge in [0, 0.05) is 12.6 Å². The molecule has 2 unspecified atom stereocenters. The quantitative estimate of drug-likeness (QED) is 0.822. The molecule has 120 valence electrons. The van der Waals surface area contributed by atoms with Gasteiger partial charge in [0.1, 0.15) is 0 Å². The molecule has 1 aromatic heterocycles. The first-order chi connectivity index (χ1) is 10.1. The molecule has 4 heteroatoms. The van der Waals surface area contributed by atoms with Gasteiger partial charge >= 0.3 is 0 Å². The minimum atomic E-state index is 0.572. The Balaban J connectivity index is 2.08. The zero-order valence-corrected chi connectivity index (χ0v) is 14.7. The van der Waals surface area contributed by atoms with E-state index in [2.05, 4.69) is 42.8 Å². The Hall–Kier alpha value is -0.540. The van der Waals surface area contributed by atoms with E-state index in [1.165, 1.54) is 25.0 Å². The van der Waals surface area contributed by atoms with Crippen molar-refractivity contribution in [3.63, 3.8) is 0 Å². The van der Waals surface area contributed by atoms with Crippen LogP contribution in [-0.2, 0) is 19.4 Å². The highest BCUT2D eigenvalue weighted by Gasteiger charge is 2.29. The maximum Gasteiger partial charge on any atom is 0.0849 e. The van der Waals surface area contributed by atoms with Crippen LogP contribution in [0.2, 0.25) is 5.02 Å². The number of aryl methyl sites for hydroxylation is 2. The van der Waals surface area contributed by atoms with Crippen LogP contribution in [0.1, 0.15) is 58.3 Å². The fraction of sp³-hybridized carbons (Fsp3) is 0.824. The van der Waals surface area contributed by atoms with Crippen LogP contribution in [0.15, 0.2) is 0 Å². The molecule has 1 aliphatic carbocycles. The Bertz CT molecular complexity index is 453. The first-order valence-corrected chi connectivity index (χ1v) is 8.91. The van der Waals surface area contributed by atoms with Crippen molar-refractivity contribution in [1.82, 2.24) is 15.1 Å². The van der Waals surface area contributed by atoms with Crippen molar-refractivity contribution in [1.29, 1.82) is 0 Å². The highest BCUT2D eigenvalue weighted by atomic mass is 35.5. The average Bonchev–Trinajstić information content (AvgIpc) is 3.02. The van der Waals surface area contributed by atoms with Gasteiger partial charge in [-0.1, -0.05) is 38.8 Å². The number of hydrogen-bond acceptors (Lipinski definition) is 2. The van der Waals surface area contributed by atoms with Crippen LogP contribution in [0.4, 0.5) is 0 Å². The Morgan fingerprint density at radius 1 is 1.29 bits per heavy atom. The normalized spacial score (nSPS) is 22.4. The fourth-order valence-electron chi connectivity index (χ4n) is 3.50. The van der Waals surface area contributed by atoms with E-state index in [1.54, 1.807) is 0 Å². The lowest BCUT2D eigenvalue weighted by Gasteiger charge is -2.22. The van der Waals surface area contributed by atoms with Crippen molar-refractivity contribution >= 4 is 11.6 Å². The number of nitrogens with zero attached hydrogens (tertiary/aromatic N) is 2. The van der Waals surface area contributed by atoms with Crippen molar-refractivity contribution in [2.24, 2.45) is 11.8 Å². The SMILES string of the molecule is CCc1nn(CC)c(CC2CCCC2CNC(C)C)c1Cl. The van der Waals surface area contributed by atoms with Crippen LogP contribution >= 0.6 is 11.6 Å². The summed E-state index contributed by atoms with van der Waals surface area (Å²) in [4.78, 5) is 0. The highest BCUT2D eigenvalue weighted by Crippen LogP contribution is 2.36. The molecule has 1 N–H and O–H groups in total. The van der Waals surface area contributed by atoms with Crippen molar-refractivity contribution in [3.8, 4) is 0 Å². The molecule has 1 heterocycles. The smallest absolute Gasteiger partial charge is 0.0849 e. The third-order valence-corrected chi connectivity index (χ3v) is 5.19. The summed E-state index contributed by atoms with van der Waals surface area (Å²) < 4.78 is 2.12. The van der Waals surface area contributed by atoms with E-state index in [0.717, 1.165) is 48.5 Å². The molecule has 0 aromatic carbocycles. The summed E-state index contributed by atoms with van der Waals surface area (Å²) in [6.45, 7) is 10.8. The number of nitrogens with one attached hydrogen (secondary N) is 1. The Kier molecular flexibility index (Phi) is 6.12. The lowest BCUT2D eigenvalue weighted by molar-refractivity contribution is 0.347. The zero-order chi connectivity index (χ0) is 15.4. The molecule has 21 heavy (non-hydrogen) atoms. The van der Waals surface area contributed by atoms with Gasteiger partial charge in [-0.05, 0) is 51.0 Å². The van der Waals surface area contributed by atoms with Gasteiger partial charge in [-0.3, -0.25) is 4.68 Å². The molecule has 0 spiro atoms. The fourth-order valence-corrected chi connectivity index (χ4v) is 3.84. The molecule has 0 amide bonds. The van der Waals surface area contributed by atoms with Crippen LogP contribution in [0, 0.1) is 11.8 Å². The van der Waals surface area contributed by atoms with Gasteiger partial charge in [-0.15, -0.1) is 0 Å². The Morgan fingerprint density at radius 2 is 2.00 bits per heavy atom. The largest absolute Gasteiger partial charge is 0.314 e. The maximum absolute atomic E-state index is 6.56. The summed E-state index contributed by atoms with van der Waals surface area (Å²) in [6, 6.07) is 0.572. The monoisotopic (exact) mass is 311 g/mol. The Morgan fingerprint density at radius 3 is 2.62 bits per heavy atom. The molecular weight excluding hydrogens is 282 g/mol. The van der Waals surface area contributed by atoms with Gasteiger partial charge in [0.05, 0.1) is 16.4 Å². The first-order valence-electron chi connectivity index (χ1n) is 8.54. The predicted octanol–water partition coefficient (Wildman–Crippen LogP) is 4.08. The summed E-state index contributed by atoms with van der Waals surface area (Å²) >= 11 is 6.56. The topological polar surface area (TPSA) is 29.9 Å². The summed E-state index contributed by atoms with van der Waals surface area (Å²) in [5.74, 6) is 1.54. The van der Waals surface area contributed by atoms with E-state index < -0.39 is 0 Å². The molecule has 0 bridgehead atoms. The molecule has 1 aliphatic rings. The van der Waals surface area contributed by atoms with Crippen molar-refractivity contribution in [3.05, 3.63) is 16.4 Å². The van der Waals surface area contributed by atoms with Crippen LogP contribution in [0.25, 0.3) is 0 Å². The Labute approximate surface area is 134 Å². The molecule has 3 nitrogen and oxygen atoms in total. The van der Waals surface area contributed by atoms with Crippen molar-refractivity contribution in [2.75, 3.05) is 6.54 Å². The van der Waals surface area contributed by atoms with Gasteiger partial charge < -0.3 is 5.32 Å². The third-order valence-electron chi connectivity index (χ3n) is 4.75. The molecule has 2 atom stereocenters. The van der Waals surface area contributed by atoms with Gasteiger partial charge in [0.2, 0.25) is 0 Å². The van der Waals surface area contributed by atoms with Crippen LogP contribution in [0.5, 0.6) is 0 Å². The summed E-state index contributed by atoms with van der Waals surface area (Å²) in [5, 5.41) is 9.18. The van der Waals surface area contributed by atoms with Crippen molar-refractivity contribution < 1.29 is 0 Å². The van der Waals surface area contributed by atoms with Gasteiger partial charge in [0.15, 0.2) is 0 Å². The summed E-state index contributed by atoms with van der Waals surface area (Å²) in [6.07, 6.45) is 6.04. The average molecular weight is 312 g/mol. The lowest BCUT2D eigenvalue weighted by Crippen LogP contribution is -2.31. The summed E-state index contributed by atoms with van der Waals surface area (Å²) in [5.41, 5.74) is 2.32.